The minimum Gasteiger partial charge on any atom is -0.384 e. The van der Waals surface area contributed by atoms with E-state index >= 15 is 0 Å². The number of hydrogen-bond donors (Lipinski definition) is 2. The summed E-state index contributed by atoms with van der Waals surface area (Å²) < 4.78 is 29.4. The Kier molecular flexibility index (Phi) is 8.95. The minimum absolute atomic E-state index is 0.101. The average molecular weight is 513 g/mol. The van der Waals surface area contributed by atoms with Gasteiger partial charge in [0.25, 0.3) is 0 Å². The van der Waals surface area contributed by atoms with Crippen LogP contribution in [-0.2, 0) is 27.7 Å². The maximum atomic E-state index is 13.5. The molecule has 0 aliphatic heterocycles. The second kappa shape index (κ2) is 11.6. The van der Waals surface area contributed by atoms with E-state index < -0.39 is 16.1 Å². The van der Waals surface area contributed by atoms with Crippen LogP contribution >= 0.6 is 0 Å². The third-order valence-electron chi connectivity index (χ3n) is 6.71. The van der Waals surface area contributed by atoms with Crippen LogP contribution in [0.4, 0.5) is 0 Å². The number of carbonyl (C=O) groups is 1. The smallest absolute Gasteiger partial charge is 0.241 e. The van der Waals surface area contributed by atoms with E-state index in [1.807, 2.05) is 36.4 Å². The van der Waals surface area contributed by atoms with E-state index in [2.05, 4.69) is 30.5 Å². The van der Waals surface area contributed by atoms with E-state index in [1.165, 1.54) is 0 Å². The molecule has 1 fully saturated rings. The van der Waals surface area contributed by atoms with Crippen molar-refractivity contribution in [3.8, 4) is 0 Å². The van der Waals surface area contributed by atoms with Crippen molar-refractivity contribution in [3.63, 3.8) is 0 Å². The summed E-state index contributed by atoms with van der Waals surface area (Å²) in [5, 5.41) is 0. The molecule has 1 amide bonds. The largest absolute Gasteiger partial charge is 0.384 e. The van der Waals surface area contributed by atoms with E-state index in [1.54, 1.807) is 31.1 Å². The van der Waals surface area contributed by atoms with Crippen LogP contribution in [0.2, 0.25) is 0 Å². The number of nitrogens with zero attached hydrogens (tertiary/aromatic N) is 2. The molecule has 1 aliphatic carbocycles. The number of amides is 1. The van der Waals surface area contributed by atoms with Gasteiger partial charge in [-0.1, -0.05) is 70.0 Å². The Bertz CT molecular complexity index is 1160. The van der Waals surface area contributed by atoms with Crippen LogP contribution in [0.1, 0.15) is 63.1 Å². The van der Waals surface area contributed by atoms with Gasteiger partial charge in [-0.05, 0) is 54.4 Å². The average Bonchev–Trinajstić information content (AvgIpc) is 3.37. The Labute approximate surface area is 216 Å². The Hall–Kier alpha value is -2.71. The standard InChI is InChI=1S/C28H40N4O3S/c1-28(2,3)19-21-12-16-24(17-13-21)36(34,35)31-25(27(33)32(5)23-8-6-7-9-23)18-20-10-14-22(15-11-20)26(29)30-4/h10-17,23,25,31H,6-9,18-19H2,1-5H3,(H2,29,30)/t25-/m0/s1. The fourth-order valence-electron chi connectivity index (χ4n) is 4.73. The van der Waals surface area contributed by atoms with Gasteiger partial charge < -0.3 is 10.6 Å². The molecule has 0 spiro atoms. The van der Waals surface area contributed by atoms with E-state index in [9.17, 15) is 13.2 Å². The highest BCUT2D eigenvalue weighted by atomic mass is 32.2. The lowest BCUT2D eigenvalue weighted by molar-refractivity contribution is -0.133. The summed E-state index contributed by atoms with van der Waals surface area (Å²) in [4.78, 5) is 19.4. The Morgan fingerprint density at radius 3 is 2.14 bits per heavy atom. The highest BCUT2D eigenvalue weighted by Gasteiger charge is 2.32. The Balaban J connectivity index is 1.84. The van der Waals surface area contributed by atoms with Crippen molar-refractivity contribution in [1.29, 1.82) is 0 Å². The molecule has 0 aromatic heterocycles. The number of benzene rings is 2. The van der Waals surface area contributed by atoms with Crippen molar-refractivity contribution < 1.29 is 13.2 Å². The lowest BCUT2D eigenvalue weighted by Gasteiger charge is -2.29. The van der Waals surface area contributed by atoms with Crippen LogP contribution in [0.25, 0.3) is 0 Å². The lowest BCUT2D eigenvalue weighted by Crippen LogP contribution is -2.50. The predicted molar refractivity (Wildman–Crippen MR) is 146 cm³/mol. The van der Waals surface area contributed by atoms with E-state index in [0.717, 1.165) is 48.8 Å². The third kappa shape index (κ3) is 7.40. The molecule has 1 aliphatic rings. The molecule has 196 valence electrons. The van der Waals surface area contributed by atoms with Crippen LogP contribution in [0.5, 0.6) is 0 Å². The molecule has 2 aromatic carbocycles. The molecule has 0 saturated heterocycles. The molecule has 1 atom stereocenters. The number of aliphatic imine (C=N–C) groups is 1. The summed E-state index contributed by atoms with van der Waals surface area (Å²) in [5.74, 6) is 0.208. The van der Waals surface area contributed by atoms with Gasteiger partial charge in [0.1, 0.15) is 11.9 Å². The molecule has 2 aromatic rings. The summed E-state index contributed by atoms with van der Waals surface area (Å²) in [7, 11) is -0.498. The maximum absolute atomic E-state index is 13.5. The second-order valence-corrected chi connectivity index (χ2v) is 12.7. The van der Waals surface area contributed by atoms with E-state index in [4.69, 9.17) is 5.73 Å². The summed E-state index contributed by atoms with van der Waals surface area (Å²) >= 11 is 0. The first-order chi connectivity index (χ1) is 16.9. The fraction of sp³-hybridized carbons (Fsp3) is 0.500. The number of carbonyl (C=O) groups excluding carboxylic acids is 1. The lowest BCUT2D eigenvalue weighted by atomic mass is 9.88. The molecule has 0 unspecified atom stereocenters. The zero-order valence-corrected chi connectivity index (χ0v) is 22.9. The third-order valence-corrected chi connectivity index (χ3v) is 8.20. The molecular formula is C28H40N4O3S. The summed E-state index contributed by atoms with van der Waals surface area (Å²) in [6, 6.07) is 13.5. The second-order valence-electron chi connectivity index (χ2n) is 11.0. The number of nitrogens with one attached hydrogen (secondary N) is 1. The maximum Gasteiger partial charge on any atom is 0.241 e. The number of sulfonamides is 1. The number of amidine groups is 1. The van der Waals surface area contributed by atoms with Crippen LogP contribution in [0, 0.1) is 5.41 Å². The van der Waals surface area contributed by atoms with Gasteiger partial charge in [-0.15, -0.1) is 0 Å². The van der Waals surface area contributed by atoms with Gasteiger partial charge in [0.15, 0.2) is 0 Å². The van der Waals surface area contributed by atoms with Crippen molar-refractivity contribution >= 4 is 21.8 Å². The summed E-state index contributed by atoms with van der Waals surface area (Å²) in [6.07, 6.45) is 5.14. The van der Waals surface area contributed by atoms with Gasteiger partial charge in [-0.3, -0.25) is 9.79 Å². The highest BCUT2D eigenvalue weighted by molar-refractivity contribution is 7.89. The normalized spacial score (nSPS) is 16.2. The quantitative estimate of drug-likeness (QED) is 0.393. The van der Waals surface area contributed by atoms with E-state index in [-0.39, 0.29) is 28.7 Å². The molecular weight excluding hydrogens is 472 g/mol. The first kappa shape index (κ1) is 27.9. The van der Waals surface area contributed by atoms with Crippen LogP contribution in [0.3, 0.4) is 0 Å². The fourth-order valence-corrected chi connectivity index (χ4v) is 5.92. The minimum atomic E-state index is -3.90. The van der Waals surface area contributed by atoms with E-state index in [0.29, 0.717) is 5.84 Å². The Morgan fingerprint density at radius 1 is 1.06 bits per heavy atom. The Morgan fingerprint density at radius 2 is 1.61 bits per heavy atom. The van der Waals surface area contributed by atoms with Crippen molar-refractivity contribution in [2.45, 2.75) is 76.3 Å². The van der Waals surface area contributed by atoms with Crippen molar-refractivity contribution in [2.75, 3.05) is 14.1 Å². The van der Waals surface area contributed by atoms with Crippen molar-refractivity contribution in [1.82, 2.24) is 9.62 Å². The molecule has 36 heavy (non-hydrogen) atoms. The molecule has 0 heterocycles. The molecule has 0 radical (unpaired) electrons. The zero-order valence-electron chi connectivity index (χ0n) is 22.1. The van der Waals surface area contributed by atoms with Gasteiger partial charge in [0.05, 0.1) is 4.90 Å². The molecule has 1 saturated carbocycles. The first-order valence-corrected chi connectivity index (χ1v) is 14.1. The summed E-state index contributed by atoms with van der Waals surface area (Å²) in [6.45, 7) is 6.44. The molecule has 8 heteroatoms. The monoisotopic (exact) mass is 512 g/mol. The topological polar surface area (TPSA) is 105 Å². The molecule has 3 rings (SSSR count). The van der Waals surface area contributed by atoms with Gasteiger partial charge in [0, 0.05) is 25.7 Å². The van der Waals surface area contributed by atoms with Gasteiger partial charge in [-0.2, -0.15) is 4.72 Å². The number of hydrogen-bond acceptors (Lipinski definition) is 4. The number of rotatable bonds is 9. The van der Waals surface area contributed by atoms with Gasteiger partial charge in [0.2, 0.25) is 15.9 Å². The summed E-state index contributed by atoms with van der Waals surface area (Å²) in [5.41, 5.74) is 8.69. The molecule has 0 bridgehead atoms. The van der Waals surface area contributed by atoms with Crippen LogP contribution in [-0.4, -0.2) is 51.2 Å². The number of likely N-dealkylation sites (N-methyl/N-ethyl adjacent to an activating group) is 1. The zero-order chi connectivity index (χ0) is 26.5. The number of nitrogens with two attached hydrogens (primary N) is 1. The predicted octanol–water partition coefficient (Wildman–Crippen LogP) is 3.90. The highest BCUT2D eigenvalue weighted by Crippen LogP contribution is 2.24. The SMILES string of the molecule is CN=C(N)c1ccc(C[C@H](NS(=O)(=O)c2ccc(CC(C)(C)C)cc2)C(=O)N(C)C2CCCC2)cc1. The van der Waals surface area contributed by atoms with Crippen LogP contribution in [0.15, 0.2) is 58.4 Å². The van der Waals surface area contributed by atoms with Crippen molar-refractivity contribution in [2.24, 2.45) is 16.1 Å². The van der Waals surface area contributed by atoms with Crippen LogP contribution < -0.4 is 10.5 Å². The van der Waals surface area contributed by atoms with Gasteiger partial charge in [-0.25, -0.2) is 8.42 Å². The molecule has 3 N–H and O–H groups in total. The van der Waals surface area contributed by atoms with Gasteiger partial charge >= 0.3 is 0 Å². The van der Waals surface area contributed by atoms with Crippen molar-refractivity contribution in [3.05, 3.63) is 65.2 Å². The molecule has 7 nitrogen and oxygen atoms in total. The first-order valence-electron chi connectivity index (χ1n) is 12.6.